The van der Waals surface area contributed by atoms with E-state index < -0.39 is 0 Å². The van der Waals surface area contributed by atoms with E-state index in [-0.39, 0.29) is 18.0 Å². The molecule has 0 amide bonds. The zero-order chi connectivity index (χ0) is 11.4. The Kier molecular flexibility index (Phi) is 4.00. The van der Waals surface area contributed by atoms with E-state index in [4.69, 9.17) is 9.47 Å². The van der Waals surface area contributed by atoms with Crippen LogP contribution in [0.5, 0.6) is 0 Å². The summed E-state index contributed by atoms with van der Waals surface area (Å²) in [6, 6.07) is 0. The second kappa shape index (κ2) is 5.30. The van der Waals surface area contributed by atoms with E-state index in [2.05, 4.69) is 6.58 Å². The van der Waals surface area contributed by atoms with Crippen molar-refractivity contribution < 1.29 is 14.6 Å². The molecular formula is C13H22O3. The van der Waals surface area contributed by atoms with Gasteiger partial charge >= 0.3 is 0 Å². The van der Waals surface area contributed by atoms with E-state index in [1.807, 2.05) is 0 Å². The third kappa shape index (κ3) is 2.84. The zero-order valence-corrected chi connectivity index (χ0v) is 9.86. The van der Waals surface area contributed by atoms with Crippen molar-refractivity contribution in [2.24, 2.45) is 0 Å². The van der Waals surface area contributed by atoms with Crippen LogP contribution in [-0.2, 0) is 9.47 Å². The molecule has 92 valence electrons. The molecule has 3 heteroatoms. The van der Waals surface area contributed by atoms with Gasteiger partial charge in [0, 0.05) is 19.3 Å². The molecule has 1 saturated carbocycles. The Hall–Kier alpha value is -0.380. The lowest BCUT2D eigenvalue weighted by Gasteiger charge is -2.31. The van der Waals surface area contributed by atoms with Crippen molar-refractivity contribution in [1.29, 1.82) is 0 Å². The van der Waals surface area contributed by atoms with Gasteiger partial charge in [0.1, 0.15) is 0 Å². The Morgan fingerprint density at radius 2 is 2.12 bits per heavy atom. The second-order valence-corrected chi connectivity index (χ2v) is 4.94. The number of hydrogen-bond acceptors (Lipinski definition) is 3. The minimum absolute atomic E-state index is 0.0630. The molecule has 0 aromatic rings. The van der Waals surface area contributed by atoms with Gasteiger partial charge in [-0.05, 0) is 19.3 Å². The van der Waals surface area contributed by atoms with E-state index in [9.17, 15) is 5.11 Å². The highest BCUT2D eigenvalue weighted by atomic mass is 16.7. The molecule has 2 fully saturated rings. The molecule has 2 aliphatic rings. The maximum atomic E-state index is 9.69. The molecule has 0 unspecified atom stereocenters. The average Bonchev–Trinajstić information content (AvgIpc) is 2.63. The van der Waals surface area contributed by atoms with Crippen molar-refractivity contribution in [2.75, 3.05) is 6.61 Å². The fraction of sp³-hybridized carbons (Fsp3) is 0.846. The van der Waals surface area contributed by atoms with Gasteiger partial charge in [-0.25, -0.2) is 0 Å². The molecule has 1 spiro atoms. The Morgan fingerprint density at radius 1 is 1.38 bits per heavy atom. The summed E-state index contributed by atoms with van der Waals surface area (Å²) in [6.07, 6.45) is 8.47. The van der Waals surface area contributed by atoms with E-state index in [0.717, 1.165) is 12.8 Å². The van der Waals surface area contributed by atoms with Crippen LogP contribution in [0.1, 0.15) is 44.9 Å². The number of hydrogen-bond donors (Lipinski definition) is 1. The van der Waals surface area contributed by atoms with Gasteiger partial charge in [0.25, 0.3) is 0 Å². The first-order valence-electron chi connectivity index (χ1n) is 6.35. The molecular weight excluding hydrogens is 204 g/mol. The highest BCUT2D eigenvalue weighted by Crippen LogP contribution is 2.38. The van der Waals surface area contributed by atoms with Crippen LogP contribution < -0.4 is 0 Å². The summed E-state index contributed by atoms with van der Waals surface area (Å²) in [6.45, 7) is 4.26. The van der Waals surface area contributed by atoms with Crippen LogP contribution in [0.25, 0.3) is 0 Å². The number of rotatable bonds is 4. The number of aliphatic hydroxyl groups is 1. The second-order valence-electron chi connectivity index (χ2n) is 4.94. The van der Waals surface area contributed by atoms with Crippen molar-refractivity contribution in [3.8, 4) is 0 Å². The fourth-order valence-electron chi connectivity index (χ4n) is 2.68. The fourth-order valence-corrected chi connectivity index (χ4v) is 2.68. The predicted molar refractivity (Wildman–Crippen MR) is 62.1 cm³/mol. The third-order valence-electron chi connectivity index (χ3n) is 3.50. The van der Waals surface area contributed by atoms with Gasteiger partial charge in [-0.15, -0.1) is 6.58 Å². The van der Waals surface area contributed by atoms with E-state index >= 15 is 0 Å². The molecule has 2 atom stereocenters. The smallest absolute Gasteiger partial charge is 0.168 e. The molecule has 0 bridgehead atoms. The maximum absolute atomic E-state index is 9.69. The van der Waals surface area contributed by atoms with Crippen LogP contribution in [0, 0.1) is 0 Å². The molecule has 0 radical (unpaired) electrons. The molecule has 1 aliphatic carbocycles. The largest absolute Gasteiger partial charge is 0.393 e. The maximum Gasteiger partial charge on any atom is 0.168 e. The minimum atomic E-state index is -0.343. The lowest BCUT2D eigenvalue weighted by atomic mass is 9.94. The van der Waals surface area contributed by atoms with Crippen molar-refractivity contribution in [1.82, 2.24) is 0 Å². The van der Waals surface area contributed by atoms with Gasteiger partial charge in [0.05, 0.1) is 18.8 Å². The quantitative estimate of drug-likeness (QED) is 0.748. The summed E-state index contributed by atoms with van der Waals surface area (Å²) in [7, 11) is 0. The van der Waals surface area contributed by atoms with Gasteiger partial charge in [0.15, 0.2) is 5.79 Å². The van der Waals surface area contributed by atoms with Crippen molar-refractivity contribution >= 4 is 0 Å². The molecule has 1 aliphatic heterocycles. The molecule has 1 saturated heterocycles. The first kappa shape index (κ1) is 12.1. The molecule has 16 heavy (non-hydrogen) atoms. The van der Waals surface area contributed by atoms with Crippen molar-refractivity contribution in [3.63, 3.8) is 0 Å². The summed E-state index contributed by atoms with van der Waals surface area (Å²) >= 11 is 0. The predicted octanol–water partition coefficient (Wildman–Crippen LogP) is 2.39. The van der Waals surface area contributed by atoms with Gasteiger partial charge in [-0.1, -0.05) is 12.5 Å². The van der Waals surface area contributed by atoms with Crippen LogP contribution >= 0.6 is 0 Å². The highest BCUT2D eigenvalue weighted by molar-refractivity contribution is 4.84. The molecule has 3 nitrogen and oxygen atoms in total. The van der Waals surface area contributed by atoms with Gasteiger partial charge < -0.3 is 14.6 Å². The minimum Gasteiger partial charge on any atom is -0.393 e. The van der Waals surface area contributed by atoms with Crippen LogP contribution in [0.2, 0.25) is 0 Å². The molecule has 2 rings (SSSR count). The van der Waals surface area contributed by atoms with E-state index in [0.29, 0.717) is 19.4 Å². The topological polar surface area (TPSA) is 38.7 Å². The van der Waals surface area contributed by atoms with Crippen molar-refractivity contribution in [2.45, 2.75) is 62.9 Å². The molecule has 1 heterocycles. The Bertz CT molecular complexity index is 233. The number of ether oxygens (including phenoxy) is 2. The standard InChI is InChI=1S/C13H22O3/c1-2-6-11(14)9-12-10-15-13(16-12)7-4-3-5-8-13/h2,11-12,14H,1,3-10H2/t11-,12-/m0/s1. The Labute approximate surface area is 97.4 Å². The van der Waals surface area contributed by atoms with Crippen LogP contribution in [0.4, 0.5) is 0 Å². The summed E-state index contributed by atoms with van der Waals surface area (Å²) in [5, 5.41) is 9.69. The summed E-state index contributed by atoms with van der Waals surface area (Å²) in [5.41, 5.74) is 0. The Balaban J connectivity index is 1.80. The van der Waals surface area contributed by atoms with Crippen molar-refractivity contribution in [3.05, 3.63) is 12.7 Å². The first-order valence-corrected chi connectivity index (χ1v) is 6.35. The Morgan fingerprint density at radius 3 is 2.81 bits per heavy atom. The first-order chi connectivity index (χ1) is 7.74. The van der Waals surface area contributed by atoms with E-state index in [1.165, 1.54) is 19.3 Å². The monoisotopic (exact) mass is 226 g/mol. The van der Waals surface area contributed by atoms with Gasteiger partial charge in [-0.3, -0.25) is 0 Å². The van der Waals surface area contributed by atoms with Crippen LogP contribution in [0.15, 0.2) is 12.7 Å². The van der Waals surface area contributed by atoms with Gasteiger partial charge in [0.2, 0.25) is 0 Å². The average molecular weight is 226 g/mol. The SMILES string of the molecule is C=CC[C@H](O)C[C@H]1COC2(CCCCC2)O1. The lowest BCUT2D eigenvalue weighted by molar-refractivity contribution is -0.189. The lowest BCUT2D eigenvalue weighted by Crippen LogP contribution is -2.33. The zero-order valence-electron chi connectivity index (χ0n) is 9.86. The normalized spacial score (nSPS) is 30.4. The van der Waals surface area contributed by atoms with Crippen LogP contribution in [-0.4, -0.2) is 29.7 Å². The summed E-state index contributed by atoms with van der Waals surface area (Å²) in [4.78, 5) is 0. The molecule has 0 aromatic carbocycles. The van der Waals surface area contributed by atoms with Crippen LogP contribution in [0.3, 0.4) is 0 Å². The third-order valence-corrected chi connectivity index (χ3v) is 3.50. The number of aliphatic hydroxyl groups excluding tert-OH is 1. The molecule has 1 N–H and O–H groups in total. The summed E-state index contributed by atoms with van der Waals surface area (Å²) < 4.78 is 11.8. The summed E-state index contributed by atoms with van der Waals surface area (Å²) in [5.74, 6) is -0.309. The van der Waals surface area contributed by atoms with Gasteiger partial charge in [-0.2, -0.15) is 0 Å². The molecule has 0 aromatic heterocycles. The van der Waals surface area contributed by atoms with E-state index in [1.54, 1.807) is 6.08 Å². The highest BCUT2D eigenvalue weighted by Gasteiger charge is 2.42.